The summed E-state index contributed by atoms with van der Waals surface area (Å²) in [7, 11) is 0. The number of esters is 1. The van der Waals surface area contributed by atoms with Crippen LogP contribution >= 0.6 is 0 Å². The molecule has 0 spiro atoms. The Morgan fingerprint density at radius 2 is 1.92 bits per heavy atom. The third-order valence-electron chi connectivity index (χ3n) is 2.64. The molecule has 1 amide bonds. The van der Waals surface area contributed by atoms with Gasteiger partial charge in [-0.15, -0.1) is 0 Å². The predicted molar refractivity (Wildman–Crippen MR) is 84.2 cm³/mol. The molecule has 122 valence electrons. The summed E-state index contributed by atoms with van der Waals surface area (Å²) < 4.78 is 4.84. The van der Waals surface area contributed by atoms with Crippen molar-refractivity contribution in [1.82, 2.24) is 10.6 Å². The molecule has 0 saturated carbocycles. The van der Waals surface area contributed by atoms with Crippen molar-refractivity contribution in [3.05, 3.63) is 59.2 Å². The fourth-order valence-corrected chi connectivity index (χ4v) is 1.51. The third kappa shape index (κ3) is 5.20. The molecule has 1 aromatic rings. The maximum atomic E-state index is 12.1. The number of ether oxygens (including phenoxy) is 1. The van der Waals surface area contributed by atoms with Crippen molar-refractivity contribution in [3.8, 4) is 12.1 Å². The zero-order valence-electron chi connectivity index (χ0n) is 12.9. The van der Waals surface area contributed by atoms with Crippen LogP contribution in [0.15, 0.2) is 53.6 Å². The zero-order valence-corrected chi connectivity index (χ0v) is 12.9. The first kappa shape index (κ1) is 18.3. The summed E-state index contributed by atoms with van der Waals surface area (Å²) >= 11 is 0. The molecule has 0 bridgehead atoms. The summed E-state index contributed by atoms with van der Waals surface area (Å²) in [6.45, 7) is 1.70. The molecule has 0 aliphatic heterocycles. The largest absolute Gasteiger partial charge is 0.461 e. The molecule has 0 aliphatic rings. The highest BCUT2D eigenvalue weighted by Crippen LogP contribution is 2.02. The molecule has 0 fully saturated rings. The summed E-state index contributed by atoms with van der Waals surface area (Å²) in [6.07, 6.45) is 1.04. The van der Waals surface area contributed by atoms with Crippen LogP contribution in [0.3, 0.4) is 0 Å². The van der Waals surface area contributed by atoms with Gasteiger partial charge in [0.1, 0.15) is 23.5 Å². The van der Waals surface area contributed by atoms with E-state index in [1.807, 2.05) is 0 Å². The molecule has 0 unspecified atom stereocenters. The number of nitrogens with zero attached hydrogens (tertiary/aromatic N) is 2. The summed E-state index contributed by atoms with van der Waals surface area (Å²) in [5, 5.41) is 22.4. The van der Waals surface area contributed by atoms with Crippen LogP contribution in [0.25, 0.3) is 0 Å². The Morgan fingerprint density at radius 1 is 1.25 bits per heavy atom. The Hall–Kier alpha value is -3.78. The minimum Gasteiger partial charge on any atom is -0.461 e. The molecule has 0 radical (unpaired) electrons. The number of benzene rings is 1. The van der Waals surface area contributed by atoms with Gasteiger partial charge in [0.05, 0.1) is 6.61 Å². The molecule has 4 N–H and O–H groups in total. The van der Waals surface area contributed by atoms with E-state index in [-0.39, 0.29) is 23.7 Å². The lowest BCUT2D eigenvalue weighted by Crippen LogP contribution is -2.30. The van der Waals surface area contributed by atoms with Crippen molar-refractivity contribution in [2.75, 3.05) is 6.61 Å². The average Bonchev–Trinajstić information content (AvgIpc) is 2.61. The van der Waals surface area contributed by atoms with Gasteiger partial charge >= 0.3 is 5.97 Å². The number of nitrogens with two attached hydrogens (primary N) is 1. The highest BCUT2D eigenvalue weighted by atomic mass is 16.5. The molecule has 0 aliphatic carbocycles. The van der Waals surface area contributed by atoms with Crippen LogP contribution in [0.2, 0.25) is 0 Å². The normalized spacial score (nSPS) is 11.4. The van der Waals surface area contributed by atoms with E-state index in [2.05, 4.69) is 10.6 Å². The second kappa shape index (κ2) is 9.28. The molecule has 0 heterocycles. The van der Waals surface area contributed by atoms with Gasteiger partial charge in [-0.25, -0.2) is 4.79 Å². The van der Waals surface area contributed by atoms with Gasteiger partial charge in [0, 0.05) is 11.8 Å². The highest BCUT2D eigenvalue weighted by molar-refractivity contribution is 6.01. The highest BCUT2D eigenvalue weighted by Gasteiger charge is 2.15. The zero-order chi connectivity index (χ0) is 17.9. The molecule has 1 aromatic carbocycles. The molecule has 0 saturated heterocycles. The lowest BCUT2D eigenvalue weighted by Gasteiger charge is -2.10. The summed E-state index contributed by atoms with van der Waals surface area (Å²) in [4.78, 5) is 24.0. The molecule has 0 atom stereocenters. The lowest BCUT2D eigenvalue weighted by molar-refractivity contribution is -0.138. The number of hydrogen-bond acceptors (Lipinski definition) is 7. The molecule has 24 heavy (non-hydrogen) atoms. The third-order valence-corrected chi connectivity index (χ3v) is 2.64. The SMILES string of the molecule is CCOC(=O)/C(=C/N/C(C#N)=C(\N)C#N)NC(=O)c1ccccc1. The monoisotopic (exact) mass is 325 g/mol. The maximum absolute atomic E-state index is 12.1. The number of carbonyl (C=O) groups excluding carboxylic acids is 2. The molecule has 8 heteroatoms. The lowest BCUT2D eigenvalue weighted by atomic mass is 10.2. The molecule has 1 rings (SSSR count). The van der Waals surface area contributed by atoms with Crippen LogP contribution in [0, 0.1) is 22.7 Å². The van der Waals surface area contributed by atoms with Crippen molar-refractivity contribution in [3.63, 3.8) is 0 Å². The Labute approximate surface area is 138 Å². The number of nitriles is 2. The minimum absolute atomic E-state index is 0.0959. The van der Waals surface area contributed by atoms with Gasteiger partial charge in [-0.3, -0.25) is 4.79 Å². The molecular formula is C16H15N5O3. The number of amides is 1. The quantitative estimate of drug-likeness (QED) is 0.395. The van der Waals surface area contributed by atoms with Crippen molar-refractivity contribution in [2.24, 2.45) is 5.73 Å². The van der Waals surface area contributed by atoms with Crippen LogP contribution in [-0.2, 0) is 9.53 Å². The smallest absolute Gasteiger partial charge is 0.356 e. The standard InChI is InChI=1S/C16H15N5O3/c1-2-24-16(23)14(10-20-13(9-18)12(19)8-17)21-15(22)11-6-4-3-5-7-11/h3-7,10,20H,2,19H2,1H3,(H,21,22)/b13-12-,14-10-. The Bertz CT molecular complexity index is 754. The van der Waals surface area contributed by atoms with Crippen LogP contribution in [0.4, 0.5) is 0 Å². The molecule has 8 nitrogen and oxygen atoms in total. The maximum Gasteiger partial charge on any atom is 0.356 e. The number of rotatable bonds is 6. The fraction of sp³-hybridized carbons (Fsp3) is 0.125. The number of carbonyl (C=O) groups is 2. The van der Waals surface area contributed by atoms with E-state index in [9.17, 15) is 9.59 Å². The Kier molecular flexibility index (Phi) is 7.06. The molecule has 0 aromatic heterocycles. The van der Waals surface area contributed by atoms with Gasteiger partial charge < -0.3 is 21.1 Å². The van der Waals surface area contributed by atoms with E-state index in [0.717, 1.165) is 6.20 Å². The van der Waals surface area contributed by atoms with Gasteiger partial charge in [-0.2, -0.15) is 10.5 Å². The number of nitrogens with one attached hydrogen (secondary N) is 2. The van der Waals surface area contributed by atoms with Gasteiger partial charge in [0.15, 0.2) is 5.70 Å². The van der Waals surface area contributed by atoms with Gasteiger partial charge in [0.2, 0.25) is 0 Å². The Balaban J connectivity index is 3.03. The summed E-state index contributed by atoms with van der Waals surface area (Å²) in [5.74, 6) is -1.34. The summed E-state index contributed by atoms with van der Waals surface area (Å²) in [5.41, 5.74) is 4.83. The first-order valence-corrected chi connectivity index (χ1v) is 6.83. The van der Waals surface area contributed by atoms with E-state index in [1.165, 1.54) is 0 Å². The summed E-state index contributed by atoms with van der Waals surface area (Å²) in [6, 6.07) is 11.5. The van der Waals surface area contributed by atoms with E-state index < -0.39 is 11.9 Å². The minimum atomic E-state index is -0.804. The average molecular weight is 325 g/mol. The topological polar surface area (TPSA) is 141 Å². The second-order valence-corrected chi connectivity index (χ2v) is 4.26. The number of allylic oxidation sites excluding steroid dienone is 2. The van der Waals surface area contributed by atoms with E-state index in [1.54, 1.807) is 49.4 Å². The predicted octanol–water partition coefficient (Wildman–Crippen LogP) is 0.628. The first-order chi connectivity index (χ1) is 11.5. The van der Waals surface area contributed by atoms with Crippen LogP contribution in [-0.4, -0.2) is 18.5 Å². The van der Waals surface area contributed by atoms with E-state index >= 15 is 0 Å². The number of hydrogen-bond donors (Lipinski definition) is 3. The molecular weight excluding hydrogens is 310 g/mol. The van der Waals surface area contributed by atoms with Crippen molar-refractivity contribution in [2.45, 2.75) is 6.92 Å². The van der Waals surface area contributed by atoms with E-state index in [0.29, 0.717) is 5.56 Å². The van der Waals surface area contributed by atoms with E-state index in [4.69, 9.17) is 21.0 Å². The second-order valence-electron chi connectivity index (χ2n) is 4.26. The van der Waals surface area contributed by atoms with Gasteiger partial charge in [-0.05, 0) is 19.1 Å². The Morgan fingerprint density at radius 3 is 2.46 bits per heavy atom. The van der Waals surface area contributed by atoms with Crippen molar-refractivity contribution in [1.29, 1.82) is 10.5 Å². The van der Waals surface area contributed by atoms with Crippen LogP contribution < -0.4 is 16.4 Å². The van der Waals surface area contributed by atoms with Crippen LogP contribution in [0.5, 0.6) is 0 Å². The van der Waals surface area contributed by atoms with Crippen molar-refractivity contribution >= 4 is 11.9 Å². The van der Waals surface area contributed by atoms with Crippen molar-refractivity contribution < 1.29 is 14.3 Å². The first-order valence-electron chi connectivity index (χ1n) is 6.83. The van der Waals surface area contributed by atoms with Crippen LogP contribution in [0.1, 0.15) is 17.3 Å². The van der Waals surface area contributed by atoms with Gasteiger partial charge in [-0.1, -0.05) is 18.2 Å². The fourth-order valence-electron chi connectivity index (χ4n) is 1.51. The van der Waals surface area contributed by atoms with Gasteiger partial charge in [0.25, 0.3) is 5.91 Å².